The van der Waals surface area contributed by atoms with E-state index < -0.39 is 0 Å². The van der Waals surface area contributed by atoms with Crippen LogP contribution in [0.5, 0.6) is 0 Å². The molecule has 0 amide bonds. The van der Waals surface area contributed by atoms with Crippen molar-refractivity contribution in [3.05, 3.63) is 47.5 Å². The zero-order valence-electron chi connectivity index (χ0n) is 11.5. The average molecular weight is 302 g/mol. The fraction of sp³-hybridized carbons (Fsp3) is 0.133. The van der Waals surface area contributed by atoms with E-state index in [4.69, 9.17) is 16.3 Å². The number of esters is 1. The van der Waals surface area contributed by atoms with Crippen LogP contribution >= 0.6 is 11.6 Å². The minimum atomic E-state index is -0.368. The monoisotopic (exact) mass is 301 g/mol. The first-order chi connectivity index (χ1) is 10.1. The van der Waals surface area contributed by atoms with Gasteiger partial charge < -0.3 is 9.30 Å². The third-order valence-corrected chi connectivity index (χ3v) is 3.49. The van der Waals surface area contributed by atoms with Gasteiger partial charge in [-0.15, -0.1) is 0 Å². The number of fused-ring (bicyclic) bond motifs is 1. The molecule has 0 fully saturated rings. The van der Waals surface area contributed by atoms with E-state index >= 15 is 0 Å². The van der Waals surface area contributed by atoms with Crippen molar-refractivity contribution in [1.29, 1.82) is 0 Å². The van der Waals surface area contributed by atoms with Crippen LogP contribution in [0.15, 0.2) is 36.7 Å². The summed E-state index contributed by atoms with van der Waals surface area (Å²) < 4.78 is 6.74. The van der Waals surface area contributed by atoms with Crippen LogP contribution < -0.4 is 0 Å². The highest BCUT2D eigenvalue weighted by atomic mass is 35.5. The molecule has 106 valence electrons. The van der Waals surface area contributed by atoms with Crippen LogP contribution in [0.25, 0.3) is 22.2 Å². The normalized spacial score (nSPS) is 10.8. The number of halogens is 1. The molecule has 3 rings (SSSR count). The van der Waals surface area contributed by atoms with Crippen LogP contribution in [-0.2, 0) is 11.8 Å². The van der Waals surface area contributed by atoms with Gasteiger partial charge in [0.1, 0.15) is 0 Å². The molecule has 0 saturated carbocycles. The second-order valence-corrected chi connectivity index (χ2v) is 4.93. The molecule has 0 saturated heterocycles. The number of carbonyl (C=O) groups excluding carboxylic acids is 1. The Labute approximate surface area is 126 Å². The molecule has 0 atom stereocenters. The summed E-state index contributed by atoms with van der Waals surface area (Å²) in [5.41, 5.74) is 3.09. The Morgan fingerprint density at radius 1 is 1.33 bits per heavy atom. The van der Waals surface area contributed by atoms with E-state index in [9.17, 15) is 4.79 Å². The Hall–Kier alpha value is -2.40. The van der Waals surface area contributed by atoms with Gasteiger partial charge in [-0.2, -0.15) is 0 Å². The van der Waals surface area contributed by atoms with Gasteiger partial charge in [-0.25, -0.2) is 14.8 Å². The van der Waals surface area contributed by atoms with Crippen molar-refractivity contribution in [2.24, 2.45) is 7.05 Å². The summed E-state index contributed by atoms with van der Waals surface area (Å²) in [5.74, 6) is -0.368. The van der Waals surface area contributed by atoms with Crippen LogP contribution in [0.4, 0.5) is 0 Å². The van der Waals surface area contributed by atoms with E-state index in [1.165, 1.54) is 7.11 Å². The standard InChI is InChI=1S/C15H12ClN3O2/c1-19-8-11(12-5-6-17-15(16)18-12)10-7-9(14(20)21-2)3-4-13(10)19/h3-8H,1-2H3. The molecule has 0 unspecified atom stereocenters. The summed E-state index contributed by atoms with van der Waals surface area (Å²) >= 11 is 5.85. The molecule has 1 aromatic carbocycles. The fourth-order valence-electron chi connectivity index (χ4n) is 2.33. The SMILES string of the molecule is COC(=O)c1ccc2c(c1)c(-c1ccnc(Cl)n1)cn2C. The molecule has 2 heterocycles. The van der Waals surface area contributed by atoms with Crippen LogP contribution in [0, 0.1) is 0 Å². The zero-order chi connectivity index (χ0) is 15.0. The largest absolute Gasteiger partial charge is 0.465 e. The third-order valence-electron chi connectivity index (χ3n) is 3.31. The van der Waals surface area contributed by atoms with Gasteiger partial charge in [0.15, 0.2) is 0 Å². The first kappa shape index (κ1) is 13.6. The maximum atomic E-state index is 11.7. The molecule has 5 nitrogen and oxygen atoms in total. The third kappa shape index (κ3) is 2.36. The first-order valence-electron chi connectivity index (χ1n) is 6.26. The average Bonchev–Trinajstić information content (AvgIpc) is 2.83. The molecule has 0 radical (unpaired) electrons. The highest BCUT2D eigenvalue weighted by Gasteiger charge is 2.13. The number of benzene rings is 1. The summed E-state index contributed by atoms with van der Waals surface area (Å²) in [6.07, 6.45) is 3.55. The highest BCUT2D eigenvalue weighted by molar-refractivity contribution is 6.28. The van der Waals surface area contributed by atoms with E-state index in [2.05, 4.69) is 9.97 Å². The molecule has 0 spiro atoms. The van der Waals surface area contributed by atoms with Crippen LogP contribution in [0.3, 0.4) is 0 Å². The number of methoxy groups -OCH3 is 1. The van der Waals surface area contributed by atoms with E-state index in [1.54, 1.807) is 24.4 Å². The summed E-state index contributed by atoms with van der Waals surface area (Å²) in [6, 6.07) is 7.21. The number of rotatable bonds is 2. The molecule has 0 N–H and O–H groups in total. The lowest BCUT2D eigenvalue weighted by atomic mass is 10.1. The first-order valence-corrected chi connectivity index (χ1v) is 6.64. The molecule has 3 aromatic rings. The number of ether oxygens (including phenoxy) is 1. The van der Waals surface area contributed by atoms with Crippen molar-refractivity contribution >= 4 is 28.5 Å². The van der Waals surface area contributed by atoms with E-state index in [0.29, 0.717) is 11.3 Å². The Kier molecular flexibility index (Phi) is 3.35. The summed E-state index contributed by atoms with van der Waals surface area (Å²) in [6.45, 7) is 0. The minimum Gasteiger partial charge on any atom is -0.465 e. The Bertz CT molecular complexity index is 842. The summed E-state index contributed by atoms with van der Waals surface area (Å²) in [7, 11) is 3.30. The molecule has 0 aliphatic heterocycles. The molecule has 0 aliphatic carbocycles. The van der Waals surface area contributed by atoms with Gasteiger partial charge in [0.05, 0.1) is 18.4 Å². The molecule has 6 heteroatoms. The lowest BCUT2D eigenvalue weighted by Crippen LogP contribution is -2.00. The van der Waals surface area contributed by atoms with Crippen molar-refractivity contribution in [2.75, 3.05) is 7.11 Å². The van der Waals surface area contributed by atoms with Crippen molar-refractivity contribution < 1.29 is 9.53 Å². The lowest BCUT2D eigenvalue weighted by molar-refractivity contribution is 0.0601. The van der Waals surface area contributed by atoms with Crippen molar-refractivity contribution in [3.8, 4) is 11.3 Å². The smallest absolute Gasteiger partial charge is 0.337 e. The molecule has 2 aromatic heterocycles. The topological polar surface area (TPSA) is 57.0 Å². The quantitative estimate of drug-likeness (QED) is 0.539. The van der Waals surface area contributed by atoms with Gasteiger partial charge in [-0.1, -0.05) is 0 Å². The number of hydrogen-bond acceptors (Lipinski definition) is 4. The zero-order valence-corrected chi connectivity index (χ0v) is 12.3. The lowest BCUT2D eigenvalue weighted by Gasteiger charge is -2.02. The molecular weight excluding hydrogens is 290 g/mol. The highest BCUT2D eigenvalue weighted by Crippen LogP contribution is 2.30. The Morgan fingerprint density at radius 2 is 2.14 bits per heavy atom. The second kappa shape index (κ2) is 5.18. The Morgan fingerprint density at radius 3 is 2.86 bits per heavy atom. The van der Waals surface area contributed by atoms with Crippen LogP contribution in [0.1, 0.15) is 10.4 Å². The number of nitrogens with zero attached hydrogens (tertiary/aromatic N) is 3. The number of carbonyl (C=O) groups is 1. The van der Waals surface area contributed by atoms with Crippen molar-refractivity contribution in [1.82, 2.24) is 14.5 Å². The molecule has 0 aliphatic rings. The fourth-order valence-corrected chi connectivity index (χ4v) is 2.47. The van der Waals surface area contributed by atoms with Gasteiger partial charge in [0.25, 0.3) is 0 Å². The van der Waals surface area contributed by atoms with Gasteiger partial charge in [0.2, 0.25) is 5.28 Å². The summed E-state index contributed by atoms with van der Waals surface area (Å²) in [5, 5.41) is 1.10. The number of hydrogen-bond donors (Lipinski definition) is 0. The van der Waals surface area contributed by atoms with E-state index in [0.717, 1.165) is 16.5 Å². The van der Waals surface area contributed by atoms with Crippen LogP contribution in [-0.4, -0.2) is 27.6 Å². The minimum absolute atomic E-state index is 0.189. The van der Waals surface area contributed by atoms with Gasteiger partial charge >= 0.3 is 5.97 Å². The van der Waals surface area contributed by atoms with Crippen molar-refractivity contribution in [2.45, 2.75) is 0 Å². The maximum Gasteiger partial charge on any atom is 0.337 e. The second-order valence-electron chi connectivity index (χ2n) is 4.59. The predicted octanol–water partition coefficient (Wildman–Crippen LogP) is 3.08. The predicted molar refractivity (Wildman–Crippen MR) is 80.3 cm³/mol. The van der Waals surface area contributed by atoms with E-state index in [1.807, 2.05) is 23.9 Å². The van der Waals surface area contributed by atoms with Gasteiger partial charge in [-0.3, -0.25) is 0 Å². The molecule has 21 heavy (non-hydrogen) atoms. The van der Waals surface area contributed by atoms with Crippen molar-refractivity contribution in [3.63, 3.8) is 0 Å². The Balaban J connectivity index is 2.25. The van der Waals surface area contributed by atoms with E-state index in [-0.39, 0.29) is 11.3 Å². The van der Waals surface area contributed by atoms with Gasteiger partial charge in [-0.05, 0) is 35.9 Å². The maximum absolute atomic E-state index is 11.7. The summed E-state index contributed by atoms with van der Waals surface area (Å²) in [4.78, 5) is 19.8. The molecular formula is C15H12ClN3O2. The number of aryl methyl sites for hydroxylation is 1. The molecule has 0 bridgehead atoms. The van der Waals surface area contributed by atoms with Crippen LogP contribution in [0.2, 0.25) is 5.28 Å². The van der Waals surface area contributed by atoms with Gasteiger partial charge in [0, 0.05) is 35.9 Å². The number of aromatic nitrogens is 3.